The summed E-state index contributed by atoms with van der Waals surface area (Å²) in [4.78, 5) is 15.1. The third-order valence-electron chi connectivity index (χ3n) is 4.10. The Bertz CT molecular complexity index is 563. The van der Waals surface area contributed by atoms with Crippen LogP contribution in [-0.2, 0) is 6.54 Å². The van der Waals surface area contributed by atoms with Crippen molar-refractivity contribution in [3.8, 4) is 0 Å². The van der Waals surface area contributed by atoms with E-state index in [0.29, 0.717) is 6.04 Å². The molecule has 0 aliphatic carbocycles. The van der Waals surface area contributed by atoms with Gasteiger partial charge in [-0.1, -0.05) is 6.07 Å². The number of hydrogen-bond acceptors (Lipinski definition) is 5. The quantitative estimate of drug-likeness (QED) is 0.848. The van der Waals surface area contributed by atoms with Gasteiger partial charge in [-0.15, -0.1) is 11.3 Å². The molecule has 21 heavy (non-hydrogen) atoms. The van der Waals surface area contributed by atoms with Gasteiger partial charge in [-0.25, -0.2) is 4.98 Å². The highest BCUT2D eigenvalue weighted by molar-refractivity contribution is 7.15. The molecular weight excluding hydrogens is 280 g/mol. The third kappa shape index (κ3) is 3.41. The maximum Gasteiger partial charge on any atom is 0.185 e. The Balaban J connectivity index is 1.63. The molecule has 0 radical (unpaired) electrons. The molecule has 1 atom stereocenters. The van der Waals surface area contributed by atoms with Crippen LogP contribution >= 0.6 is 11.3 Å². The first kappa shape index (κ1) is 14.5. The van der Waals surface area contributed by atoms with Gasteiger partial charge in [-0.05, 0) is 38.9 Å². The molecule has 0 N–H and O–H groups in total. The molecule has 1 saturated heterocycles. The van der Waals surface area contributed by atoms with Crippen molar-refractivity contribution in [3.63, 3.8) is 0 Å². The lowest BCUT2D eigenvalue weighted by Crippen LogP contribution is -2.22. The van der Waals surface area contributed by atoms with E-state index < -0.39 is 0 Å². The molecule has 2 aromatic heterocycles. The van der Waals surface area contributed by atoms with Gasteiger partial charge in [0.15, 0.2) is 5.13 Å². The Morgan fingerprint density at radius 1 is 1.29 bits per heavy atom. The first-order valence-corrected chi connectivity index (χ1v) is 8.36. The standard InChI is InChI=1S/C16H22N4S/c1-13(15-7-3-4-8-17-15)19(2)12-14-11-18-16(21-14)20-9-5-6-10-20/h3-4,7-8,11,13H,5-6,9-10,12H2,1-2H3. The van der Waals surface area contributed by atoms with E-state index in [2.05, 4.69) is 39.8 Å². The highest BCUT2D eigenvalue weighted by Crippen LogP contribution is 2.28. The molecule has 0 saturated carbocycles. The van der Waals surface area contributed by atoms with Crippen LogP contribution in [0.5, 0.6) is 0 Å². The first-order valence-electron chi connectivity index (χ1n) is 7.55. The molecule has 0 aromatic carbocycles. The smallest absolute Gasteiger partial charge is 0.185 e. The number of pyridine rings is 1. The molecule has 2 aromatic rings. The number of hydrogen-bond donors (Lipinski definition) is 0. The van der Waals surface area contributed by atoms with Crippen LogP contribution in [0.2, 0.25) is 0 Å². The molecule has 0 bridgehead atoms. The van der Waals surface area contributed by atoms with Crippen LogP contribution < -0.4 is 4.90 Å². The van der Waals surface area contributed by atoms with Crippen molar-refractivity contribution in [3.05, 3.63) is 41.2 Å². The van der Waals surface area contributed by atoms with Gasteiger partial charge in [0.25, 0.3) is 0 Å². The van der Waals surface area contributed by atoms with Crippen LogP contribution in [0.1, 0.15) is 36.4 Å². The average molecular weight is 302 g/mol. The van der Waals surface area contributed by atoms with Crippen molar-refractivity contribution in [1.29, 1.82) is 0 Å². The van der Waals surface area contributed by atoms with Gasteiger partial charge in [0, 0.05) is 42.9 Å². The zero-order chi connectivity index (χ0) is 14.7. The lowest BCUT2D eigenvalue weighted by Gasteiger charge is -2.23. The Morgan fingerprint density at radius 2 is 2.10 bits per heavy atom. The zero-order valence-corrected chi connectivity index (χ0v) is 13.5. The van der Waals surface area contributed by atoms with E-state index in [1.807, 2.05) is 35.9 Å². The number of anilines is 1. The van der Waals surface area contributed by atoms with Crippen molar-refractivity contribution >= 4 is 16.5 Å². The number of rotatable bonds is 5. The van der Waals surface area contributed by atoms with Crippen molar-refractivity contribution in [1.82, 2.24) is 14.9 Å². The minimum absolute atomic E-state index is 0.309. The van der Waals surface area contributed by atoms with Crippen LogP contribution in [-0.4, -0.2) is 35.0 Å². The second kappa shape index (κ2) is 6.54. The fourth-order valence-corrected chi connectivity index (χ4v) is 3.68. The SMILES string of the molecule is CC(c1ccccn1)N(C)Cc1cnc(N2CCCC2)s1. The fraction of sp³-hybridized carbons (Fsp3) is 0.500. The van der Waals surface area contributed by atoms with Crippen LogP contribution in [0, 0.1) is 0 Å². The maximum atomic E-state index is 4.59. The molecule has 1 fully saturated rings. The second-order valence-corrected chi connectivity index (χ2v) is 6.74. The highest BCUT2D eigenvalue weighted by Gasteiger charge is 2.18. The first-order chi connectivity index (χ1) is 10.2. The van der Waals surface area contributed by atoms with Crippen molar-refractivity contribution in [2.24, 2.45) is 0 Å². The Labute approximate surface area is 130 Å². The summed E-state index contributed by atoms with van der Waals surface area (Å²) in [5.41, 5.74) is 1.12. The molecule has 1 aliphatic heterocycles. The Hall–Kier alpha value is -1.46. The summed E-state index contributed by atoms with van der Waals surface area (Å²) in [6.07, 6.45) is 6.48. The summed E-state index contributed by atoms with van der Waals surface area (Å²) in [6, 6.07) is 6.40. The van der Waals surface area contributed by atoms with Gasteiger partial charge in [-0.2, -0.15) is 0 Å². The second-order valence-electron chi connectivity index (χ2n) is 5.65. The molecule has 5 heteroatoms. The van der Waals surface area contributed by atoms with Gasteiger partial charge in [0.1, 0.15) is 0 Å². The summed E-state index contributed by atoms with van der Waals surface area (Å²) in [7, 11) is 2.15. The van der Waals surface area contributed by atoms with E-state index in [4.69, 9.17) is 0 Å². The predicted octanol–water partition coefficient (Wildman–Crippen LogP) is 3.33. The fourth-order valence-electron chi connectivity index (χ4n) is 2.66. The van der Waals surface area contributed by atoms with E-state index in [1.165, 1.54) is 22.9 Å². The largest absolute Gasteiger partial charge is 0.348 e. The van der Waals surface area contributed by atoms with Crippen LogP contribution in [0.15, 0.2) is 30.6 Å². The molecule has 1 aliphatic rings. The van der Waals surface area contributed by atoms with Gasteiger partial charge in [0.05, 0.1) is 5.69 Å². The topological polar surface area (TPSA) is 32.3 Å². The predicted molar refractivity (Wildman–Crippen MR) is 87.7 cm³/mol. The zero-order valence-electron chi connectivity index (χ0n) is 12.7. The summed E-state index contributed by atoms with van der Waals surface area (Å²) in [6.45, 7) is 5.44. The summed E-state index contributed by atoms with van der Waals surface area (Å²) >= 11 is 1.82. The lowest BCUT2D eigenvalue weighted by atomic mass is 10.2. The normalized spacial score (nSPS) is 16.6. The van der Waals surface area contributed by atoms with E-state index in [0.717, 1.165) is 25.3 Å². The molecule has 3 heterocycles. The Kier molecular flexibility index (Phi) is 4.51. The minimum atomic E-state index is 0.309. The summed E-state index contributed by atoms with van der Waals surface area (Å²) in [5.74, 6) is 0. The van der Waals surface area contributed by atoms with Gasteiger partial charge in [-0.3, -0.25) is 9.88 Å². The average Bonchev–Trinajstić information content (AvgIpc) is 3.18. The minimum Gasteiger partial charge on any atom is -0.348 e. The molecule has 0 spiro atoms. The Morgan fingerprint density at radius 3 is 2.81 bits per heavy atom. The van der Waals surface area contributed by atoms with Crippen LogP contribution in [0.25, 0.3) is 0 Å². The number of thiazole rings is 1. The summed E-state index contributed by atoms with van der Waals surface area (Å²) in [5, 5.41) is 1.18. The molecule has 3 rings (SSSR count). The number of nitrogens with zero attached hydrogens (tertiary/aromatic N) is 4. The van der Waals surface area contributed by atoms with Gasteiger partial charge in [0.2, 0.25) is 0 Å². The van der Waals surface area contributed by atoms with Crippen molar-refractivity contribution in [2.45, 2.75) is 32.4 Å². The summed E-state index contributed by atoms with van der Waals surface area (Å²) < 4.78 is 0. The third-order valence-corrected chi connectivity index (χ3v) is 5.14. The van der Waals surface area contributed by atoms with Gasteiger partial charge >= 0.3 is 0 Å². The van der Waals surface area contributed by atoms with E-state index in [-0.39, 0.29) is 0 Å². The maximum absolute atomic E-state index is 4.59. The van der Waals surface area contributed by atoms with Crippen molar-refractivity contribution < 1.29 is 0 Å². The van der Waals surface area contributed by atoms with Crippen LogP contribution in [0.3, 0.4) is 0 Å². The molecule has 112 valence electrons. The lowest BCUT2D eigenvalue weighted by molar-refractivity contribution is 0.250. The highest BCUT2D eigenvalue weighted by atomic mass is 32.1. The molecule has 1 unspecified atom stereocenters. The monoisotopic (exact) mass is 302 g/mol. The molecule has 4 nitrogen and oxygen atoms in total. The molecule has 0 amide bonds. The molecular formula is C16H22N4S. The van der Waals surface area contributed by atoms with E-state index >= 15 is 0 Å². The van der Waals surface area contributed by atoms with E-state index in [9.17, 15) is 0 Å². The van der Waals surface area contributed by atoms with Crippen molar-refractivity contribution in [2.75, 3.05) is 25.0 Å². The van der Waals surface area contributed by atoms with Crippen LogP contribution in [0.4, 0.5) is 5.13 Å². The van der Waals surface area contributed by atoms with Gasteiger partial charge < -0.3 is 4.90 Å². The van der Waals surface area contributed by atoms with E-state index in [1.54, 1.807) is 0 Å². The number of aromatic nitrogens is 2.